The third-order valence-corrected chi connectivity index (χ3v) is 22.3. The third-order valence-electron chi connectivity index (χ3n) is 22.3. The fourth-order valence-corrected chi connectivity index (χ4v) is 16.4. The van der Waals surface area contributed by atoms with Gasteiger partial charge < -0.3 is 0 Å². The van der Waals surface area contributed by atoms with E-state index in [0.29, 0.717) is 69.9 Å². The van der Waals surface area contributed by atoms with Gasteiger partial charge >= 0.3 is 0 Å². The minimum Gasteiger partial charge on any atom is -0.208 e. The predicted octanol–water partition coefficient (Wildman–Crippen LogP) is 27.4. The molecule has 0 aliphatic heterocycles. The lowest BCUT2D eigenvalue weighted by Gasteiger charge is -2.19. The maximum atomic E-state index is 5.09. The Morgan fingerprint density at radius 2 is 0.218 bits per heavy atom. The van der Waals surface area contributed by atoms with Crippen molar-refractivity contribution in [1.82, 2.24) is 59.8 Å². The van der Waals surface area contributed by atoms with Crippen molar-refractivity contribution < 1.29 is 0 Å². The molecule has 12 nitrogen and oxygen atoms in total. The highest BCUT2D eigenvalue weighted by molar-refractivity contribution is 6.23. The van der Waals surface area contributed by atoms with E-state index in [1.807, 2.05) is 243 Å². The summed E-state index contributed by atoms with van der Waals surface area (Å²) in [6.07, 6.45) is 0. The first-order valence-corrected chi connectivity index (χ1v) is 41.2. The molecule has 580 valence electrons. The zero-order valence-corrected chi connectivity index (χ0v) is 66.9. The Kier molecular flexibility index (Phi) is 20.1. The van der Waals surface area contributed by atoms with Crippen molar-refractivity contribution in [3.8, 4) is 181 Å². The van der Waals surface area contributed by atoms with Crippen molar-refractivity contribution in [2.45, 2.75) is 0 Å². The molecule has 12 heteroatoms. The van der Waals surface area contributed by atoms with Crippen molar-refractivity contribution in [3.05, 3.63) is 437 Å². The maximum absolute atomic E-state index is 5.09. The van der Waals surface area contributed by atoms with Gasteiger partial charge in [0.25, 0.3) is 0 Å². The minimum absolute atomic E-state index is 0.603. The van der Waals surface area contributed by atoms with Gasteiger partial charge in [0.15, 0.2) is 69.9 Å². The molecule has 0 unspecified atom stereocenters. The van der Waals surface area contributed by atoms with E-state index in [1.54, 1.807) is 0 Å². The third kappa shape index (κ3) is 15.0. The second kappa shape index (κ2) is 33.4. The van der Waals surface area contributed by atoms with Crippen LogP contribution in [0.4, 0.5) is 0 Å². The van der Waals surface area contributed by atoms with Gasteiger partial charge in [0.1, 0.15) is 0 Å². The van der Waals surface area contributed by atoms with E-state index in [4.69, 9.17) is 59.8 Å². The summed E-state index contributed by atoms with van der Waals surface area (Å²) in [6.45, 7) is 0. The number of benzene rings is 18. The molecule has 0 atom stereocenters. The molecule has 0 saturated carbocycles. The van der Waals surface area contributed by atoms with Crippen molar-refractivity contribution in [2.24, 2.45) is 0 Å². The van der Waals surface area contributed by atoms with E-state index in [0.717, 1.165) is 122 Å². The minimum atomic E-state index is 0.603. The molecule has 0 fully saturated rings. The first-order valence-electron chi connectivity index (χ1n) is 41.2. The summed E-state index contributed by atoms with van der Waals surface area (Å²) in [6, 6.07) is 150. The van der Waals surface area contributed by atoms with Crippen molar-refractivity contribution in [3.63, 3.8) is 0 Å². The Labute approximate surface area is 716 Å². The van der Waals surface area contributed by atoms with Crippen LogP contribution in [0.25, 0.3) is 224 Å². The monoisotopic (exact) mass is 1580 g/mol. The molecule has 0 radical (unpaired) electrons. The van der Waals surface area contributed by atoms with E-state index in [2.05, 4.69) is 194 Å². The van der Waals surface area contributed by atoms with Crippen molar-refractivity contribution >= 4 is 43.1 Å². The van der Waals surface area contributed by atoms with Crippen LogP contribution in [0.5, 0.6) is 0 Å². The average molecular weight is 1590 g/mol. The molecular formula is C112H72N12. The summed E-state index contributed by atoms with van der Waals surface area (Å²) < 4.78 is 0. The number of hydrogen-bond acceptors (Lipinski definition) is 12. The highest BCUT2D eigenvalue weighted by Gasteiger charge is 2.25. The Bertz CT molecular complexity index is 6980. The second-order valence-corrected chi connectivity index (χ2v) is 30.2. The van der Waals surface area contributed by atoms with E-state index in [-0.39, 0.29) is 0 Å². The van der Waals surface area contributed by atoms with Crippen LogP contribution in [0.3, 0.4) is 0 Å². The number of hydrogen-bond donors (Lipinski definition) is 0. The van der Waals surface area contributed by atoms with Gasteiger partial charge in [0.05, 0.1) is 0 Å². The summed E-state index contributed by atoms with van der Waals surface area (Å²) in [5, 5.41) is 9.40. The predicted molar refractivity (Wildman–Crippen MR) is 503 cm³/mol. The summed E-state index contributed by atoms with van der Waals surface area (Å²) in [4.78, 5) is 60.1. The summed E-state index contributed by atoms with van der Waals surface area (Å²) in [5.41, 5.74) is 19.9. The molecular weight excluding hydrogens is 1510 g/mol. The highest BCUT2D eigenvalue weighted by Crippen LogP contribution is 2.48. The van der Waals surface area contributed by atoms with Crippen molar-refractivity contribution in [1.29, 1.82) is 0 Å². The number of rotatable bonds is 16. The van der Waals surface area contributed by atoms with Gasteiger partial charge in [0.2, 0.25) is 0 Å². The lowest BCUT2D eigenvalue weighted by Crippen LogP contribution is -2.00. The smallest absolute Gasteiger partial charge is 0.164 e. The van der Waals surface area contributed by atoms with Gasteiger partial charge in [-0.05, 0) is 99.7 Å². The molecule has 22 rings (SSSR count). The number of fused-ring (bicyclic) bond motifs is 6. The molecule has 4 heterocycles. The summed E-state index contributed by atoms with van der Waals surface area (Å²) >= 11 is 0. The average Bonchev–Trinajstić information content (AvgIpc) is 0.735. The standard InChI is InChI=1S/2C56H36N6/c1-5-19-37(20-6-1)51-57-52(38-21-7-2-8-22-38)60-55(59-51)43-29-17-27-41(35-43)49-47-33-15-13-31-45(47)46-32-14-16-34-48(46)50(49)42-28-18-30-44(36-42)56-61-53(39-23-9-3-10-24-39)58-54(62-56)40-25-11-4-12-26-40;1-5-17-39(18-6-1)51-57-52(40-19-7-2-8-20-40)60-55(59-51)43-33-29-37(30-34-43)49-47-27-15-13-25-45(47)46-26-14-16-28-48(46)50(49)38-31-35-44(36-32-38)56-61-53(41-21-9-3-10-22-41)58-54(62-56)42-23-11-4-12-24-42/h2*1-36H. The fraction of sp³-hybridized carbons (Fsp3) is 0. The molecule has 0 aliphatic carbocycles. The first-order chi connectivity index (χ1) is 61.5. The lowest BCUT2D eigenvalue weighted by atomic mass is 9.84. The Morgan fingerprint density at radius 3 is 0.411 bits per heavy atom. The van der Waals surface area contributed by atoms with E-state index in [1.165, 1.54) is 32.3 Å². The van der Waals surface area contributed by atoms with Crippen LogP contribution in [0.15, 0.2) is 437 Å². The topological polar surface area (TPSA) is 155 Å². The molecule has 0 saturated heterocycles. The zero-order chi connectivity index (χ0) is 82.5. The molecule has 0 spiro atoms. The molecule has 22 aromatic rings. The Balaban J connectivity index is 0.000000152. The van der Waals surface area contributed by atoms with Gasteiger partial charge in [-0.25, -0.2) is 59.8 Å². The zero-order valence-electron chi connectivity index (χ0n) is 66.9. The molecule has 0 N–H and O–H groups in total. The van der Waals surface area contributed by atoms with E-state index in [9.17, 15) is 0 Å². The SMILES string of the molecule is c1ccc(-c2nc(-c3ccccc3)nc(-c3ccc(-c4c(-c5ccc(-c6nc(-c7ccccc7)nc(-c7ccccc7)n6)cc5)c5ccccc5c5ccccc45)cc3)n2)cc1.c1ccc(-c2nc(-c3ccccc3)nc(-c3cccc(-c4c(-c5cccc(-c6nc(-c7ccccc7)nc(-c7ccccc7)n6)c5)c5ccccc5c5ccccc45)c3)n2)cc1. The number of nitrogens with zero attached hydrogens (tertiary/aromatic N) is 12. The molecule has 0 amide bonds. The van der Waals surface area contributed by atoms with Gasteiger partial charge in [0, 0.05) is 66.8 Å². The quantitative estimate of drug-likeness (QED) is 0.0846. The van der Waals surface area contributed by atoms with E-state index >= 15 is 0 Å². The van der Waals surface area contributed by atoms with E-state index < -0.39 is 0 Å². The van der Waals surface area contributed by atoms with Crippen molar-refractivity contribution in [2.75, 3.05) is 0 Å². The summed E-state index contributed by atoms with van der Waals surface area (Å²) in [5.74, 6) is 7.47. The van der Waals surface area contributed by atoms with Crippen LogP contribution < -0.4 is 0 Å². The molecule has 18 aromatic carbocycles. The highest BCUT2D eigenvalue weighted by atomic mass is 15.1. The second-order valence-electron chi connectivity index (χ2n) is 30.2. The maximum Gasteiger partial charge on any atom is 0.164 e. The molecule has 124 heavy (non-hydrogen) atoms. The first kappa shape index (κ1) is 74.6. The van der Waals surface area contributed by atoms with Gasteiger partial charge in [-0.1, -0.05) is 425 Å². The largest absolute Gasteiger partial charge is 0.208 e. The molecule has 0 aliphatic rings. The van der Waals surface area contributed by atoms with Crippen LogP contribution in [0.1, 0.15) is 0 Å². The lowest BCUT2D eigenvalue weighted by molar-refractivity contribution is 1.07. The normalized spacial score (nSPS) is 11.2. The van der Waals surface area contributed by atoms with Crippen LogP contribution >= 0.6 is 0 Å². The summed E-state index contributed by atoms with van der Waals surface area (Å²) in [7, 11) is 0. The number of aromatic nitrogens is 12. The molecule has 0 bridgehead atoms. The van der Waals surface area contributed by atoms with Crippen LogP contribution in [-0.2, 0) is 0 Å². The van der Waals surface area contributed by atoms with Crippen LogP contribution in [0, 0.1) is 0 Å². The fourth-order valence-electron chi connectivity index (χ4n) is 16.4. The van der Waals surface area contributed by atoms with Gasteiger partial charge in [-0.2, -0.15) is 0 Å². The van der Waals surface area contributed by atoms with Gasteiger partial charge in [-0.15, -0.1) is 0 Å². The Morgan fingerprint density at radius 1 is 0.0887 bits per heavy atom. The molecule has 4 aromatic heterocycles. The van der Waals surface area contributed by atoms with Crippen LogP contribution in [0.2, 0.25) is 0 Å². The van der Waals surface area contributed by atoms with Crippen LogP contribution in [-0.4, -0.2) is 59.8 Å². The van der Waals surface area contributed by atoms with Gasteiger partial charge in [-0.3, -0.25) is 0 Å². The Hall–Kier alpha value is -17.0.